The Morgan fingerprint density at radius 3 is 2.39 bits per heavy atom. The Balaban J connectivity index is 2.01. The van der Waals surface area contributed by atoms with E-state index in [1.807, 2.05) is 6.92 Å². The summed E-state index contributed by atoms with van der Waals surface area (Å²) in [5, 5.41) is 10.1. The van der Waals surface area contributed by atoms with Gasteiger partial charge in [-0.2, -0.15) is 13.2 Å². The Morgan fingerprint density at radius 2 is 1.76 bits per heavy atom. The Labute approximate surface area is 192 Å². The van der Waals surface area contributed by atoms with Crippen molar-refractivity contribution in [2.75, 3.05) is 19.7 Å². The van der Waals surface area contributed by atoms with E-state index >= 15 is 0 Å². The molecule has 2 aromatic rings. The summed E-state index contributed by atoms with van der Waals surface area (Å²) in [5.41, 5.74) is 1.20. The van der Waals surface area contributed by atoms with Crippen molar-refractivity contribution in [3.05, 3.63) is 58.6 Å². The Morgan fingerprint density at radius 1 is 1.03 bits per heavy atom. The smallest absolute Gasteiger partial charge is 0.494 e. The molecule has 2 aromatic carbocycles. The van der Waals surface area contributed by atoms with E-state index in [0.29, 0.717) is 29.2 Å². The fourth-order valence-electron chi connectivity index (χ4n) is 3.07. The number of halogens is 7. The highest BCUT2D eigenvalue weighted by Crippen LogP contribution is 2.26. The van der Waals surface area contributed by atoms with Crippen molar-refractivity contribution in [1.82, 2.24) is 4.90 Å². The lowest BCUT2D eigenvalue weighted by Crippen LogP contribution is -2.41. The van der Waals surface area contributed by atoms with Gasteiger partial charge in [0.2, 0.25) is 0 Å². The van der Waals surface area contributed by atoms with Crippen LogP contribution in [-0.4, -0.2) is 48.3 Å². The Hall–Kier alpha value is -2.17. The summed E-state index contributed by atoms with van der Waals surface area (Å²) in [7, 11) is 0. The first-order valence-corrected chi connectivity index (χ1v) is 10.5. The predicted molar refractivity (Wildman–Crippen MR) is 111 cm³/mol. The van der Waals surface area contributed by atoms with Crippen molar-refractivity contribution in [1.29, 1.82) is 0 Å². The number of hydrogen-bond donors (Lipinski definition) is 1. The topological polar surface area (TPSA) is 41.9 Å². The highest BCUT2D eigenvalue weighted by Gasteiger charge is 2.39. The number of aliphatic hydroxyl groups excluding tert-OH is 1. The maximum absolute atomic E-state index is 12.9. The van der Waals surface area contributed by atoms with Crippen LogP contribution in [0.15, 0.2) is 42.5 Å². The quantitative estimate of drug-likeness (QED) is 0.304. The summed E-state index contributed by atoms with van der Waals surface area (Å²) >= 11 is 6.06. The van der Waals surface area contributed by atoms with Crippen molar-refractivity contribution in [2.24, 2.45) is 0 Å². The second kappa shape index (κ2) is 11.8. The zero-order chi connectivity index (χ0) is 24.6. The van der Waals surface area contributed by atoms with E-state index in [9.17, 15) is 31.4 Å². The monoisotopic (exact) mass is 499 g/mol. The van der Waals surface area contributed by atoms with Crippen molar-refractivity contribution >= 4 is 11.6 Å². The van der Waals surface area contributed by atoms with Crippen LogP contribution in [0.1, 0.15) is 24.5 Å². The molecule has 0 heterocycles. The van der Waals surface area contributed by atoms with Crippen LogP contribution in [0.5, 0.6) is 11.5 Å². The molecule has 0 fully saturated rings. The zero-order valence-corrected chi connectivity index (χ0v) is 18.5. The molecule has 11 heteroatoms. The molecule has 2 rings (SSSR count). The number of rotatable bonds is 11. The number of ether oxygens (including phenoxy) is 2. The van der Waals surface area contributed by atoms with Gasteiger partial charge >= 0.3 is 12.5 Å². The lowest BCUT2D eigenvalue weighted by atomic mass is 10.1. The van der Waals surface area contributed by atoms with Crippen molar-refractivity contribution in [2.45, 2.75) is 45.0 Å². The maximum Gasteiger partial charge on any atom is 0.573 e. The van der Waals surface area contributed by atoms with Crippen molar-refractivity contribution in [3.63, 3.8) is 0 Å². The van der Waals surface area contributed by atoms with Crippen LogP contribution in [0.2, 0.25) is 5.02 Å². The van der Waals surface area contributed by atoms with Crippen LogP contribution in [0.4, 0.5) is 26.3 Å². The Bertz CT molecular complexity index is 891. The lowest BCUT2D eigenvalue weighted by molar-refractivity contribution is -0.274. The molecule has 1 N–H and O–H groups in total. The van der Waals surface area contributed by atoms with E-state index in [-0.39, 0.29) is 19.7 Å². The minimum atomic E-state index is -4.89. The standard InChI is InChI=1S/C22H24ClF6NO3/c1-2-16-12-17(7-8-19(16)23)32-10-4-9-30(14-20(31)21(24,25)26)13-15-5-3-6-18(11-15)33-22(27,28)29/h3,5-8,11-12,20,31H,2,4,9-10,13-14H2,1H3. The van der Waals surface area contributed by atoms with Gasteiger partial charge in [-0.15, -0.1) is 13.2 Å². The van der Waals surface area contributed by atoms with Crippen LogP contribution in [0, 0.1) is 0 Å². The van der Waals surface area contributed by atoms with Crippen LogP contribution < -0.4 is 9.47 Å². The molecule has 0 saturated heterocycles. The van der Waals surface area contributed by atoms with E-state index in [1.54, 1.807) is 18.2 Å². The van der Waals surface area contributed by atoms with Crippen molar-refractivity contribution < 1.29 is 40.9 Å². The second-order valence-electron chi connectivity index (χ2n) is 7.30. The van der Waals surface area contributed by atoms with E-state index in [0.717, 1.165) is 17.7 Å². The summed E-state index contributed by atoms with van der Waals surface area (Å²) in [6.07, 6.45) is -11.3. The third-order valence-electron chi connectivity index (χ3n) is 4.63. The van der Waals surface area contributed by atoms with Gasteiger partial charge in [0.05, 0.1) is 6.61 Å². The van der Waals surface area contributed by atoms with E-state index in [2.05, 4.69) is 4.74 Å². The molecular weight excluding hydrogens is 476 g/mol. The highest BCUT2D eigenvalue weighted by atomic mass is 35.5. The molecule has 0 bridgehead atoms. The van der Waals surface area contributed by atoms with Gasteiger partial charge in [-0.25, -0.2) is 0 Å². The number of hydrogen-bond acceptors (Lipinski definition) is 4. The number of nitrogens with zero attached hydrogens (tertiary/aromatic N) is 1. The fraction of sp³-hybridized carbons (Fsp3) is 0.455. The van der Waals surface area contributed by atoms with Gasteiger partial charge in [-0.1, -0.05) is 30.7 Å². The maximum atomic E-state index is 12.9. The lowest BCUT2D eigenvalue weighted by Gasteiger charge is -2.26. The molecule has 0 radical (unpaired) electrons. The SMILES string of the molecule is CCc1cc(OCCCN(Cc2cccc(OC(F)(F)F)c2)CC(O)C(F)(F)F)ccc1Cl. The van der Waals surface area contributed by atoms with Gasteiger partial charge in [-0.3, -0.25) is 4.90 Å². The zero-order valence-electron chi connectivity index (χ0n) is 17.7. The molecule has 0 spiro atoms. The van der Waals surface area contributed by atoms with E-state index < -0.39 is 30.9 Å². The molecule has 4 nitrogen and oxygen atoms in total. The van der Waals surface area contributed by atoms with Crippen LogP contribution >= 0.6 is 11.6 Å². The van der Waals surface area contributed by atoms with Gasteiger partial charge < -0.3 is 14.6 Å². The first-order chi connectivity index (χ1) is 15.4. The largest absolute Gasteiger partial charge is 0.573 e. The fourth-order valence-corrected chi connectivity index (χ4v) is 3.32. The molecule has 0 aromatic heterocycles. The first-order valence-electron chi connectivity index (χ1n) is 10.1. The summed E-state index contributed by atoms with van der Waals surface area (Å²) in [4.78, 5) is 1.30. The van der Waals surface area contributed by atoms with Crippen LogP contribution in [0.25, 0.3) is 0 Å². The third-order valence-corrected chi connectivity index (χ3v) is 5.00. The summed E-state index contributed by atoms with van der Waals surface area (Å²) < 4.78 is 85.4. The third kappa shape index (κ3) is 9.69. The van der Waals surface area contributed by atoms with Gasteiger partial charge in [0.15, 0.2) is 6.10 Å². The number of alkyl halides is 6. The minimum Gasteiger partial charge on any atom is -0.494 e. The summed E-state index contributed by atoms with van der Waals surface area (Å²) in [6, 6.07) is 10.1. The average Bonchev–Trinajstić information content (AvgIpc) is 2.70. The summed E-state index contributed by atoms with van der Waals surface area (Å²) in [5.74, 6) is 0.0873. The number of aryl methyl sites for hydroxylation is 1. The molecule has 1 atom stereocenters. The molecule has 0 aliphatic heterocycles. The number of benzene rings is 2. The van der Waals surface area contributed by atoms with Gasteiger partial charge in [0.1, 0.15) is 11.5 Å². The molecular formula is C22H24ClF6NO3. The highest BCUT2D eigenvalue weighted by molar-refractivity contribution is 6.31. The summed E-state index contributed by atoms with van der Waals surface area (Å²) in [6.45, 7) is 1.35. The molecule has 1 unspecified atom stereocenters. The minimum absolute atomic E-state index is 0.103. The number of aliphatic hydroxyl groups is 1. The molecule has 0 aliphatic carbocycles. The van der Waals surface area contributed by atoms with Crippen LogP contribution in [0.3, 0.4) is 0 Å². The average molecular weight is 500 g/mol. The molecule has 0 aliphatic rings. The second-order valence-corrected chi connectivity index (χ2v) is 7.70. The normalized spacial score (nSPS) is 13.3. The first kappa shape index (κ1) is 27.1. The molecule has 0 saturated carbocycles. The van der Waals surface area contributed by atoms with Crippen LogP contribution in [-0.2, 0) is 13.0 Å². The molecule has 33 heavy (non-hydrogen) atoms. The molecule has 184 valence electrons. The van der Waals surface area contributed by atoms with Gasteiger partial charge in [0, 0.05) is 24.7 Å². The van der Waals surface area contributed by atoms with E-state index in [4.69, 9.17) is 16.3 Å². The van der Waals surface area contributed by atoms with Gasteiger partial charge in [0.25, 0.3) is 0 Å². The molecule has 0 amide bonds. The van der Waals surface area contributed by atoms with E-state index in [1.165, 1.54) is 17.0 Å². The predicted octanol–water partition coefficient (Wildman–Crippen LogP) is 6.00. The Kier molecular flexibility index (Phi) is 9.69. The van der Waals surface area contributed by atoms with Crippen molar-refractivity contribution in [3.8, 4) is 11.5 Å². The van der Waals surface area contributed by atoms with Gasteiger partial charge in [-0.05, 0) is 54.3 Å².